The highest BCUT2D eigenvalue weighted by Gasteiger charge is 2.17. The van der Waals surface area contributed by atoms with Crippen LogP contribution in [0.4, 0.5) is 0 Å². The van der Waals surface area contributed by atoms with E-state index in [1.54, 1.807) is 12.4 Å². The Morgan fingerprint density at radius 1 is 1.39 bits per heavy atom. The number of nitrogens with one attached hydrogen (secondary N) is 2. The van der Waals surface area contributed by atoms with Crippen molar-refractivity contribution in [1.29, 1.82) is 0 Å². The molecule has 23 heavy (non-hydrogen) atoms. The number of hydrogen-bond acceptors (Lipinski definition) is 4. The number of rotatable bonds is 5. The lowest BCUT2D eigenvalue weighted by atomic mass is 10.1. The van der Waals surface area contributed by atoms with Crippen LogP contribution in [-0.4, -0.2) is 30.8 Å². The van der Waals surface area contributed by atoms with Gasteiger partial charge in [-0.3, -0.25) is 4.79 Å². The second kappa shape index (κ2) is 6.35. The number of nitrogens with zero attached hydrogens (tertiary/aromatic N) is 3. The van der Waals surface area contributed by atoms with E-state index in [1.807, 2.05) is 31.2 Å². The molecule has 0 radical (unpaired) electrons. The average molecular weight is 311 g/mol. The van der Waals surface area contributed by atoms with Crippen molar-refractivity contribution in [3.8, 4) is 11.4 Å². The highest BCUT2D eigenvalue weighted by molar-refractivity contribution is 5.94. The number of benzene rings is 1. The van der Waals surface area contributed by atoms with E-state index < -0.39 is 5.91 Å². The van der Waals surface area contributed by atoms with Crippen LogP contribution < -0.4 is 5.32 Å². The van der Waals surface area contributed by atoms with Gasteiger partial charge in [0.1, 0.15) is 5.82 Å². The zero-order valence-corrected chi connectivity index (χ0v) is 12.7. The SMILES string of the molecule is CCc1ccccc1-n1cc(O)c(C(=O)NCc2ncc[nH]2)n1. The fourth-order valence-electron chi connectivity index (χ4n) is 2.33. The minimum absolute atomic E-state index is 0.0116. The summed E-state index contributed by atoms with van der Waals surface area (Å²) in [4.78, 5) is 19.1. The van der Waals surface area contributed by atoms with Gasteiger partial charge in [-0.25, -0.2) is 9.67 Å². The lowest BCUT2D eigenvalue weighted by molar-refractivity contribution is 0.0942. The molecule has 0 aliphatic carbocycles. The molecule has 0 saturated carbocycles. The summed E-state index contributed by atoms with van der Waals surface area (Å²) in [7, 11) is 0. The van der Waals surface area contributed by atoms with Gasteiger partial charge in [0.25, 0.3) is 5.91 Å². The van der Waals surface area contributed by atoms with Gasteiger partial charge in [-0.05, 0) is 18.1 Å². The first-order chi connectivity index (χ1) is 11.2. The van der Waals surface area contributed by atoms with Crippen molar-refractivity contribution in [2.45, 2.75) is 19.9 Å². The average Bonchev–Trinajstić information content (AvgIpc) is 3.22. The van der Waals surface area contributed by atoms with Gasteiger partial charge in [0, 0.05) is 12.4 Å². The van der Waals surface area contributed by atoms with Crippen LogP contribution in [0.15, 0.2) is 42.9 Å². The van der Waals surface area contributed by atoms with Crippen molar-refractivity contribution in [3.63, 3.8) is 0 Å². The van der Waals surface area contributed by atoms with E-state index in [0.717, 1.165) is 17.7 Å². The maximum atomic E-state index is 12.2. The van der Waals surface area contributed by atoms with Crippen molar-refractivity contribution in [1.82, 2.24) is 25.1 Å². The lowest BCUT2D eigenvalue weighted by Crippen LogP contribution is -2.24. The molecule has 0 atom stereocenters. The molecule has 0 spiro atoms. The summed E-state index contributed by atoms with van der Waals surface area (Å²) in [6.45, 7) is 2.28. The van der Waals surface area contributed by atoms with E-state index in [1.165, 1.54) is 10.9 Å². The summed E-state index contributed by atoms with van der Waals surface area (Å²) in [6.07, 6.45) is 5.55. The van der Waals surface area contributed by atoms with Crippen LogP contribution in [0.5, 0.6) is 5.75 Å². The molecule has 7 nitrogen and oxygen atoms in total. The Labute approximate surface area is 133 Å². The fourth-order valence-corrected chi connectivity index (χ4v) is 2.33. The van der Waals surface area contributed by atoms with E-state index in [0.29, 0.717) is 5.82 Å². The maximum Gasteiger partial charge on any atom is 0.276 e. The zero-order chi connectivity index (χ0) is 16.2. The standard InChI is InChI=1S/C16H17N5O2/c1-2-11-5-3-4-6-12(11)21-10-13(22)15(20-21)16(23)19-9-14-17-7-8-18-14/h3-8,10,22H,2,9H2,1H3,(H,17,18)(H,19,23). The highest BCUT2D eigenvalue weighted by atomic mass is 16.3. The Morgan fingerprint density at radius 2 is 2.22 bits per heavy atom. The van der Waals surface area contributed by atoms with E-state index in [2.05, 4.69) is 20.4 Å². The van der Waals surface area contributed by atoms with Gasteiger partial charge in [0.15, 0.2) is 11.4 Å². The van der Waals surface area contributed by atoms with Crippen molar-refractivity contribution in [2.75, 3.05) is 0 Å². The molecule has 118 valence electrons. The number of aromatic amines is 1. The second-order valence-corrected chi connectivity index (χ2v) is 5.01. The minimum Gasteiger partial charge on any atom is -0.504 e. The Bertz CT molecular complexity index is 808. The molecule has 0 unspecified atom stereocenters. The summed E-state index contributed by atoms with van der Waals surface area (Å²) >= 11 is 0. The van der Waals surface area contributed by atoms with Crippen molar-refractivity contribution >= 4 is 5.91 Å². The molecule has 3 rings (SSSR count). The Morgan fingerprint density at radius 3 is 2.96 bits per heavy atom. The third-order valence-corrected chi connectivity index (χ3v) is 3.50. The van der Waals surface area contributed by atoms with Crippen molar-refractivity contribution in [3.05, 3.63) is 59.9 Å². The molecule has 3 aromatic rings. The lowest BCUT2D eigenvalue weighted by Gasteiger charge is -2.06. The third kappa shape index (κ3) is 3.08. The summed E-state index contributed by atoms with van der Waals surface area (Å²) in [5, 5.41) is 16.9. The number of carbonyl (C=O) groups is 1. The van der Waals surface area contributed by atoms with Gasteiger partial charge in [-0.2, -0.15) is 5.10 Å². The molecular formula is C16H17N5O2. The third-order valence-electron chi connectivity index (χ3n) is 3.50. The van der Waals surface area contributed by atoms with Gasteiger partial charge in [0.05, 0.1) is 18.4 Å². The maximum absolute atomic E-state index is 12.2. The number of amides is 1. The quantitative estimate of drug-likeness (QED) is 0.669. The topological polar surface area (TPSA) is 95.8 Å². The zero-order valence-electron chi connectivity index (χ0n) is 12.7. The predicted molar refractivity (Wildman–Crippen MR) is 84.4 cm³/mol. The van der Waals surface area contributed by atoms with Crippen LogP contribution in [0.2, 0.25) is 0 Å². The number of aromatic hydroxyl groups is 1. The molecule has 0 aliphatic rings. The number of para-hydroxylation sites is 1. The molecule has 0 saturated heterocycles. The molecule has 7 heteroatoms. The molecule has 1 amide bonds. The second-order valence-electron chi connectivity index (χ2n) is 5.01. The van der Waals surface area contributed by atoms with Crippen LogP contribution in [-0.2, 0) is 13.0 Å². The molecule has 2 aromatic heterocycles. The molecule has 0 bridgehead atoms. The van der Waals surface area contributed by atoms with E-state index in [4.69, 9.17) is 0 Å². The number of carbonyl (C=O) groups excluding carboxylic acids is 1. The first kappa shape index (κ1) is 14.8. The van der Waals surface area contributed by atoms with Crippen LogP contribution in [0, 0.1) is 0 Å². The Kier molecular flexibility index (Phi) is 4.09. The molecular weight excluding hydrogens is 294 g/mol. The largest absolute Gasteiger partial charge is 0.504 e. The molecule has 1 aromatic carbocycles. The normalized spacial score (nSPS) is 10.7. The fraction of sp³-hybridized carbons (Fsp3) is 0.188. The minimum atomic E-state index is -0.452. The predicted octanol–water partition coefficient (Wildman–Crippen LogP) is 1.79. The highest BCUT2D eigenvalue weighted by Crippen LogP contribution is 2.20. The number of aryl methyl sites for hydroxylation is 1. The van der Waals surface area contributed by atoms with Crippen LogP contribution in [0.3, 0.4) is 0 Å². The smallest absolute Gasteiger partial charge is 0.276 e. The van der Waals surface area contributed by atoms with Crippen molar-refractivity contribution in [2.24, 2.45) is 0 Å². The van der Waals surface area contributed by atoms with Gasteiger partial charge >= 0.3 is 0 Å². The first-order valence-electron chi connectivity index (χ1n) is 7.32. The van der Waals surface area contributed by atoms with Crippen LogP contribution in [0.25, 0.3) is 5.69 Å². The van der Waals surface area contributed by atoms with Crippen molar-refractivity contribution < 1.29 is 9.90 Å². The Balaban J connectivity index is 1.81. The van der Waals surface area contributed by atoms with E-state index in [9.17, 15) is 9.90 Å². The van der Waals surface area contributed by atoms with E-state index in [-0.39, 0.29) is 18.0 Å². The Hall–Kier alpha value is -3.09. The first-order valence-corrected chi connectivity index (χ1v) is 7.32. The van der Waals surface area contributed by atoms with Gasteiger partial charge in [-0.1, -0.05) is 25.1 Å². The van der Waals surface area contributed by atoms with Crippen LogP contribution in [0.1, 0.15) is 28.8 Å². The van der Waals surface area contributed by atoms with E-state index >= 15 is 0 Å². The number of imidazole rings is 1. The van der Waals surface area contributed by atoms with Crippen LogP contribution >= 0.6 is 0 Å². The monoisotopic (exact) mass is 311 g/mol. The van der Waals surface area contributed by atoms with Gasteiger partial charge < -0.3 is 15.4 Å². The number of hydrogen-bond donors (Lipinski definition) is 3. The summed E-state index contributed by atoms with van der Waals surface area (Å²) < 4.78 is 1.52. The summed E-state index contributed by atoms with van der Waals surface area (Å²) in [5.74, 6) is 0.0214. The van der Waals surface area contributed by atoms with Gasteiger partial charge in [-0.15, -0.1) is 0 Å². The summed E-state index contributed by atoms with van der Waals surface area (Å²) in [6, 6.07) is 7.73. The molecule has 2 heterocycles. The van der Waals surface area contributed by atoms with Gasteiger partial charge in [0.2, 0.25) is 0 Å². The molecule has 0 aliphatic heterocycles. The molecule has 0 fully saturated rings. The number of aromatic nitrogens is 4. The summed E-state index contributed by atoms with van der Waals surface area (Å²) in [5.41, 5.74) is 1.91. The number of H-pyrrole nitrogens is 1. The molecule has 3 N–H and O–H groups in total.